The minimum atomic E-state index is 0.476. The number of ether oxygens (including phenoxy) is 2. The first-order chi connectivity index (χ1) is 6.36. The van der Waals surface area contributed by atoms with Crippen molar-refractivity contribution in [3.05, 3.63) is 0 Å². The lowest BCUT2D eigenvalue weighted by Crippen LogP contribution is -2.45. The van der Waals surface area contributed by atoms with Crippen molar-refractivity contribution in [1.82, 2.24) is 5.32 Å². The summed E-state index contributed by atoms with van der Waals surface area (Å²) >= 11 is 0. The maximum absolute atomic E-state index is 5.59. The largest absolute Gasteiger partial charge is 0.379 e. The maximum atomic E-state index is 5.59. The van der Waals surface area contributed by atoms with Gasteiger partial charge in [-0.05, 0) is 26.3 Å². The molecule has 0 aliphatic heterocycles. The van der Waals surface area contributed by atoms with Gasteiger partial charge in [0.2, 0.25) is 0 Å². The zero-order valence-corrected chi connectivity index (χ0v) is 8.71. The molecule has 0 aromatic carbocycles. The highest BCUT2D eigenvalue weighted by molar-refractivity contribution is 4.85. The van der Waals surface area contributed by atoms with E-state index in [0.29, 0.717) is 12.1 Å². The lowest BCUT2D eigenvalue weighted by atomic mass is 9.89. The van der Waals surface area contributed by atoms with Gasteiger partial charge in [-0.3, -0.25) is 0 Å². The van der Waals surface area contributed by atoms with E-state index in [-0.39, 0.29) is 0 Å². The predicted molar refractivity (Wildman–Crippen MR) is 52.9 cm³/mol. The van der Waals surface area contributed by atoms with Crippen LogP contribution in [0.25, 0.3) is 0 Å². The molecule has 78 valence electrons. The van der Waals surface area contributed by atoms with E-state index in [1.165, 1.54) is 12.8 Å². The van der Waals surface area contributed by atoms with Crippen molar-refractivity contribution >= 4 is 0 Å². The van der Waals surface area contributed by atoms with Gasteiger partial charge in [-0.25, -0.2) is 0 Å². The van der Waals surface area contributed by atoms with Crippen LogP contribution in [0.5, 0.6) is 0 Å². The average Bonchev–Trinajstić information content (AvgIpc) is 2.07. The predicted octanol–water partition coefficient (Wildman–Crippen LogP) is 1.18. The van der Waals surface area contributed by atoms with E-state index in [1.54, 1.807) is 0 Å². The standard InChI is InChI=1S/C10H21NO2/c1-3-11-9-7-10(8-9)13-6-5-12-4-2/h9-11H,3-8H2,1-2H3. The molecule has 0 aromatic rings. The molecule has 13 heavy (non-hydrogen) atoms. The van der Waals surface area contributed by atoms with Gasteiger partial charge in [0.25, 0.3) is 0 Å². The molecule has 0 aromatic heterocycles. The van der Waals surface area contributed by atoms with Gasteiger partial charge in [0.1, 0.15) is 0 Å². The van der Waals surface area contributed by atoms with Crippen LogP contribution in [0, 0.1) is 0 Å². The molecule has 1 fully saturated rings. The lowest BCUT2D eigenvalue weighted by Gasteiger charge is -2.35. The molecule has 0 bridgehead atoms. The van der Waals surface area contributed by atoms with Crippen LogP contribution >= 0.6 is 0 Å². The minimum absolute atomic E-state index is 0.476. The summed E-state index contributed by atoms with van der Waals surface area (Å²) in [5, 5.41) is 3.40. The van der Waals surface area contributed by atoms with Crippen molar-refractivity contribution in [3.8, 4) is 0 Å². The van der Waals surface area contributed by atoms with Crippen LogP contribution in [0.3, 0.4) is 0 Å². The molecule has 0 spiro atoms. The second-order valence-corrected chi connectivity index (χ2v) is 3.42. The van der Waals surface area contributed by atoms with E-state index in [1.807, 2.05) is 6.92 Å². The molecule has 0 saturated heterocycles. The van der Waals surface area contributed by atoms with Gasteiger partial charge in [-0.1, -0.05) is 6.92 Å². The number of hydrogen-bond donors (Lipinski definition) is 1. The zero-order chi connectivity index (χ0) is 9.52. The maximum Gasteiger partial charge on any atom is 0.0704 e. The molecule has 1 saturated carbocycles. The Hall–Kier alpha value is -0.120. The van der Waals surface area contributed by atoms with Crippen LogP contribution in [0.15, 0.2) is 0 Å². The normalized spacial score (nSPS) is 27.2. The van der Waals surface area contributed by atoms with Gasteiger partial charge in [0.05, 0.1) is 19.3 Å². The quantitative estimate of drug-likeness (QED) is 0.607. The molecule has 0 unspecified atom stereocenters. The summed E-state index contributed by atoms with van der Waals surface area (Å²) in [7, 11) is 0. The van der Waals surface area contributed by atoms with Crippen LogP contribution in [-0.4, -0.2) is 38.5 Å². The summed E-state index contributed by atoms with van der Waals surface area (Å²) < 4.78 is 10.8. The first-order valence-electron chi connectivity index (χ1n) is 5.29. The highest BCUT2D eigenvalue weighted by Crippen LogP contribution is 2.22. The van der Waals surface area contributed by atoms with Crippen molar-refractivity contribution in [2.75, 3.05) is 26.4 Å². The lowest BCUT2D eigenvalue weighted by molar-refractivity contribution is -0.0402. The number of nitrogens with one attached hydrogen (secondary N) is 1. The SMILES string of the molecule is CCNC1CC(OCCOCC)C1. The Labute approximate surface area is 80.8 Å². The molecule has 1 aliphatic carbocycles. The first kappa shape index (κ1) is 11.0. The fourth-order valence-electron chi connectivity index (χ4n) is 1.58. The Morgan fingerprint density at radius 2 is 2.00 bits per heavy atom. The van der Waals surface area contributed by atoms with Gasteiger partial charge < -0.3 is 14.8 Å². The molecule has 0 atom stereocenters. The van der Waals surface area contributed by atoms with Crippen molar-refractivity contribution in [2.24, 2.45) is 0 Å². The molecule has 1 rings (SSSR count). The topological polar surface area (TPSA) is 30.5 Å². The van der Waals surface area contributed by atoms with Crippen LogP contribution in [0.1, 0.15) is 26.7 Å². The van der Waals surface area contributed by atoms with Gasteiger partial charge in [0, 0.05) is 12.6 Å². The Kier molecular flexibility index (Phi) is 5.35. The molecule has 0 amide bonds. The monoisotopic (exact) mass is 187 g/mol. The molecule has 1 aliphatic rings. The summed E-state index contributed by atoms with van der Waals surface area (Å²) in [5.74, 6) is 0. The Balaban J connectivity index is 1.84. The van der Waals surface area contributed by atoms with Crippen molar-refractivity contribution < 1.29 is 9.47 Å². The third-order valence-electron chi connectivity index (χ3n) is 2.37. The highest BCUT2D eigenvalue weighted by atomic mass is 16.5. The summed E-state index contributed by atoms with van der Waals surface area (Å²) in [4.78, 5) is 0. The van der Waals surface area contributed by atoms with Crippen LogP contribution in [0.2, 0.25) is 0 Å². The van der Waals surface area contributed by atoms with Crippen LogP contribution in [0.4, 0.5) is 0 Å². The number of hydrogen-bond acceptors (Lipinski definition) is 3. The second kappa shape index (κ2) is 6.35. The summed E-state index contributed by atoms with van der Waals surface area (Å²) in [6.07, 6.45) is 2.81. The molecular formula is C10H21NO2. The molecular weight excluding hydrogens is 166 g/mol. The van der Waals surface area contributed by atoms with Crippen molar-refractivity contribution in [1.29, 1.82) is 0 Å². The molecule has 3 nitrogen and oxygen atoms in total. The van der Waals surface area contributed by atoms with Gasteiger partial charge >= 0.3 is 0 Å². The molecule has 0 radical (unpaired) electrons. The average molecular weight is 187 g/mol. The third kappa shape index (κ3) is 4.07. The van der Waals surface area contributed by atoms with E-state index < -0.39 is 0 Å². The van der Waals surface area contributed by atoms with E-state index in [0.717, 1.165) is 26.4 Å². The molecule has 0 heterocycles. The van der Waals surface area contributed by atoms with Gasteiger partial charge in [-0.15, -0.1) is 0 Å². The summed E-state index contributed by atoms with van der Waals surface area (Å²) in [6, 6.07) is 0.696. The van der Waals surface area contributed by atoms with E-state index in [4.69, 9.17) is 9.47 Å². The molecule has 3 heteroatoms. The number of rotatable bonds is 7. The fraction of sp³-hybridized carbons (Fsp3) is 1.00. The summed E-state index contributed by atoms with van der Waals surface area (Å²) in [6.45, 7) is 7.48. The van der Waals surface area contributed by atoms with Crippen molar-refractivity contribution in [3.63, 3.8) is 0 Å². The minimum Gasteiger partial charge on any atom is -0.379 e. The first-order valence-corrected chi connectivity index (χ1v) is 5.29. The van der Waals surface area contributed by atoms with Gasteiger partial charge in [0.15, 0.2) is 0 Å². The van der Waals surface area contributed by atoms with Crippen LogP contribution < -0.4 is 5.32 Å². The van der Waals surface area contributed by atoms with E-state index in [9.17, 15) is 0 Å². The van der Waals surface area contributed by atoms with Gasteiger partial charge in [-0.2, -0.15) is 0 Å². The Morgan fingerprint density at radius 1 is 1.23 bits per heavy atom. The second-order valence-electron chi connectivity index (χ2n) is 3.42. The zero-order valence-electron chi connectivity index (χ0n) is 8.71. The summed E-state index contributed by atoms with van der Waals surface area (Å²) in [5.41, 5.74) is 0. The Morgan fingerprint density at radius 3 is 2.62 bits per heavy atom. The van der Waals surface area contributed by atoms with Crippen LogP contribution in [-0.2, 0) is 9.47 Å². The Bertz CT molecular complexity index is 124. The highest BCUT2D eigenvalue weighted by Gasteiger charge is 2.28. The smallest absolute Gasteiger partial charge is 0.0704 e. The van der Waals surface area contributed by atoms with Crippen molar-refractivity contribution in [2.45, 2.75) is 38.8 Å². The van der Waals surface area contributed by atoms with E-state index in [2.05, 4.69) is 12.2 Å². The third-order valence-corrected chi connectivity index (χ3v) is 2.37. The fourth-order valence-corrected chi connectivity index (χ4v) is 1.58. The molecule has 1 N–H and O–H groups in total. The van der Waals surface area contributed by atoms with E-state index >= 15 is 0 Å².